The fourth-order valence-corrected chi connectivity index (χ4v) is 1.56. The molecule has 1 amide bonds. The monoisotopic (exact) mass is 211 g/mol. The number of carbonyl (C=O) groups excluding carboxylic acids is 1. The molecule has 1 rings (SSSR count). The van der Waals surface area contributed by atoms with Crippen molar-refractivity contribution < 1.29 is 9.53 Å². The van der Waals surface area contributed by atoms with E-state index in [4.69, 9.17) is 10.00 Å². The van der Waals surface area contributed by atoms with Gasteiger partial charge in [0, 0.05) is 6.61 Å². The predicted octanol–water partition coefficient (Wildman–Crippen LogP) is -0.358. The molecule has 0 saturated carbocycles. The van der Waals surface area contributed by atoms with Gasteiger partial charge < -0.3 is 15.4 Å². The van der Waals surface area contributed by atoms with Gasteiger partial charge in [-0.15, -0.1) is 0 Å². The quantitative estimate of drug-likeness (QED) is 0.465. The van der Waals surface area contributed by atoms with Gasteiger partial charge in [0.25, 0.3) is 0 Å². The molecule has 1 unspecified atom stereocenters. The lowest BCUT2D eigenvalue weighted by molar-refractivity contribution is -0.125. The van der Waals surface area contributed by atoms with Crippen molar-refractivity contribution in [3.8, 4) is 6.07 Å². The van der Waals surface area contributed by atoms with Crippen molar-refractivity contribution in [1.29, 1.82) is 5.26 Å². The van der Waals surface area contributed by atoms with Crippen LogP contribution in [0.2, 0.25) is 0 Å². The van der Waals surface area contributed by atoms with E-state index in [1.165, 1.54) is 6.42 Å². The van der Waals surface area contributed by atoms with Gasteiger partial charge in [-0.2, -0.15) is 5.26 Å². The van der Waals surface area contributed by atoms with Crippen LogP contribution in [0, 0.1) is 17.2 Å². The van der Waals surface area contributed by atoms with E-state index < -0.39 is 0 Å². The molecule has 0 aromatic carbocycles. The Labute approximate surface area is 89.8 Å². The van der Waals surface area contributed by atoms with Crippen LogP contribution in [0.1, 0.15) is 12.8 Å². The Kier molecular flexibility index (Phi) is 5.74. The number of nitrogens with zero attached hydrogens (tertiary/aromatic N) is 1. The molecule has 1 aliphatic rings. The van der Waals surface area contributed by atoms with Crippen LogP contribution in [0.3, 0.4) is 0 Å². The average molecular weight is 211 g/mol. The smallest absolute Gasteiger partial charge is 0.246 e. The first kappa shape index (κ1) is 12.0. The largest absolute Gasteiger partial charge is 0.372 e. The van der Waals surface area contributed by atoms with E-state index in [9.17, 15) is 4.79 Å². The van der Waals surface area contributed by atoms with Gasteiger partial charge in [-0.3, -0.25) is 4.79 Å². The Morgan fingerprint density at radius 3 is 3.20 bits per heavy atom. The molecule has 84 valence electrons. The Bertz CT molecular complexity index is 231. The van der Waals surface area contributed by atoms with Gasteiger partial charge in [0.1, 0.15) is 13.2 Å². The van der Waals surface area contributed by atoms with Gasteiger partial charge in [0.2, 0.25) is 5.91 Å². The Morgan fingerprint density at radius 1 is 1.67 bits per heavy atom. The van der Waals surface area contributed by atoms with E-state index in [1.54, 1.807) is 0 Å². The van der Waals surface area contributed by atoms with Crippen molar-refractivity contribution in [2.75, 3.05) is 32.8 Å². The summed E-state index contributed by atoms with van der Waals surface area (Å²) >= 11 is 0. The minimum Gasteiger partial charge on any atom is -0.372 e. The molecular weight excluding hydrogens is 194 g/mol. The molecule has 0 aromatic rings. The first-order valence-electron chi connectivity index (χ1n) is 5.25. The van der Waals surface area contributed by atoms with Crippen LogP contribution in [0.25, 0.3) is 0 Å². The topological polar surface area (TPSA) is 74.2 Å². The molecule has 0 aliphatic carbocycles. The van der Waals surface area contributed by atoms with Crippen LogP contribution < -0.4 is 10.6 Å². The minimum absolute atomic E-state index is 0.0503. The summed E-state index contributed by atoms with van der Waals surface area (Å²) in [7, 11) is 0. The van der Waals surface area contributed by atoms with Crippen LogP contribution in [-0.2, 0) is 9.53 Å². The highest BCUT2D eigenvalue weighted by atomic mass is 16.5. The lowest BCUT2D eigenvalue weighted by atomic mass is 10.1. The molecule has 1 heterocycles. The lowest BCUT2D eigenvalue weighted by Gasteiger charge is -2.08. The molecule has 15 heavy (non-hydrogen) atoms. The summed E-state index contributed by atoms with van der Waals surface area (Å²) < 4.78 is 5.21. The van der Waals surface area contributed by atoms with E-state index in [0.29, 0.717) is 12.5 Å². The van der Waals surface area contributed by atoms with Gasteiger partial charge in [-0.1, -0.05) is 0 Å². The van der Waals surface area contributed by atoms with Crippen LogP contribution in [-0.4, -0.2) is 38.8 Å². The highest BCUT2D eigenvalue weighted by molar-refractivity contribution is 5.77. The van der Waals surface area contributed by atoms with Crippen molar-refractivity contribution in [3.63, 3.8) is 0 Å². The summed E-state index contributed by atoms with van der Waals surface area (Å²) in [5.41, 5.74) is 0. The zero-order valence-corrected chi connectivity index (χ0v) is 8.79. The average Bonchev–Trinajstić information content (AvgIpc) is 2.74. The molecule has 0 bridgehead atoms. The molecule has 5 heteroatoms. The SMILES string of the molecule is N#CCNC(=O)COCCC1CCNC1. The van der Waals surface area contributed by atoms with E-state index in [1.807, 2.05) is 6.07 Å². The molecule has 0 radical (unpaired) electrons. The molecule has 1 aliphatic heterocycles. The van der Waals surface area contributed by atoms with Gasteiger partial charge in [0.15, 0.2) is 0 Å². The maximum atomic E-state index is 11.0. The zero-order chi connectivity index (χ0) is 10.9. The van der Waals surface area contributed by atoms with E-state index in [2.05, 4.69) is 10.6 Å². The van der Waals surface area contributed by atoms with Crippen LogP contribution >= 0.6 is 0 Å². The number of nitrogens with one attached hydrogen (secondary N) is 2. The fraction of sp³-hybridized carbons (Fsp3) is 0.800. The standard InChI is InChI=1S/C10H17N3O2/c11-3-5-13-10(14)8-15-6-2-9-1-4-12-7-9/h9,12H,1-2,4-8H2,(H,13,14). The van der Waals surface area contributed by atoms with Gasteiger partial charge in [-0.05, 0) is 31.8 Å². The third-order valence-corrected chi connectivity index (χ3v) is 2.43. The lowest BCUT2D eigenvalue weighted by Crippen LogP contribution is -2.28. The second kappa shape index (κ2) is 7.21. The van der Waals surface area contributed by atoms with Crippen molar-refractivity contribution in [2.45, 2.75) is 12.8 Å². The van der Waals surface area contributed by atoms with E-state index in [-0.39, 0.29) is 19.1 Å². The summed E-state index contributed by atoms with van der Waals surface area (Å²) in [4.78, 5) is 11.0. The zero-order valence-electron chi connectivity index (χ0n) is 8.79. The highest BCUT2D eigenvalue weighted by Crippen LogP contribution is 2.11. The van der Waals surface area contributed by atoms with Gasteiger partial charge in [-0.25, -0.2) is 0 Å². The third-order valence-electron chi connectivity index (χ3n) is 2.43. The second-order valence-electron chi connectivity index (χ2n) is 3.63. The number of amides is 1. The molecule has 1 fully saturated rings. The molecular formula is C10H17N3O2. The molecule has 2 N–H and O–H groups in total. The fourth-order valence-electron chi connectivity index (χ4n) is 1.56. The first-order valence-corrected chi connectivity index (χ1v) is 5.25. The van der Waals surface area contributed by atoms with Crippen molar-refractivity contribution in [2.24, 2.45) is 5.92 Å². The summed E-state index contributed by atoms with van der Waals surface area (Å²) in [6, 6.07) is 1.84. The summed E-state index contributed by atoms with van der Waals surface area (Å²) in [5, 5.41) is 13.9. The predicted molar refractivity (Wildman–Crippen MR) is 55.0 cm³/mol. The minimum atomic E-state index is -0.221. The van der Waals surface area contributed by atoms with E-state index in [0.717, 1.165) is 19.5 Å². The number of ether oxygens (including phenoxy) is 1. The van der Waals surface area contributed by atoms with Crippen LogP contribution in [0.15, 0.2) is 0 Å². The van der Waals surface area contributed by atoms with Crippen LogP contribution in [0.4, 0.5) is 0 Å². The Morgan fingerprint density at radius 2 is 2.53 bits per heavy atom. The number of hydrogen-bond donors (Lipinski definition) is 2. The second-order valence-corrected chi connectivity index (χ2v) is 3.63. The summed E-state index contributed by atoms with van der Waals surface area (Å²) in [6.45, 7) is 2.88. The Hall–Kier alpha value is -1.12. The molecule has 0 spiro atoms. The highest BCUT2D eigenvalue weighted by Gasteiger charge is 2.13. The number of nitriles is 1. The number of carbonyl (C=O) groups is 1. The Balaban J connectivity index is 1.92. The van der Waals surface area contributed by atoms with Crippen molar-refractivity contribution in [1.82, 2.24) is 10.6 Å². The molecule has 0 aromatic heterocycles. The number of rotatable bonds is 6. The number of hydrogen-bond acceptors (Lipinski definition) is 4. The van der Waals surface area contributed by atoms with E-state index >= 15 is 0 Å². The summed E-state index contributed by atoms with van der Waals surface area (Å²) in [6.07, 6.45) is 2.20. The first-order chi connectivity index (χ1) is 7.33. The van der Waals surface area contributed by atoms with Gasteiger partial charge >= 0.3 is 0 Å². The van der Waals surface area contributed by atoms with Gasteiger partial charge in [0.05, 0.1) is 6.07 Å². The van der Waals surface area contributed by atoms with Crippen LogP contribution in [0.5, 0.6) is 0 Å². The van der Waals surface area contributed by atoms with Crippen molar-refractivity contribution in [3.05, 3.63) is 0 Å². The maximum Gasteiger partial charge on any atom is 0.246 e. The summed E-state index contributed by atoms with van der Waals surface area (Å²) in [5.74, 6) is 0.466. The molecule has 1 saturated heterocycles. The van der Waals surface area contributed by atoms with Crippen molar-refractivity contribution >= 4 is 5.91 Å². The molecule has 1 atom stereocenters. The normalized spacial score (nSPS) is 19.8. The third kappa shape index (κ3) is 5.35. The maximum absolute atomic E-state index is 11.0. The molecule has 5 nitrogen and oxygen atoms in total.